The van der Waals surface area contributed by atoms with E-state index in [1.54, 1.807) is 23.1 Å². The van der Waals surface area contributed by atoms with E-state index >= 15 is 0 Å². The molecule has 9 nitrogen and oxygen atoms in total. The van der Waals surface area contributed by atoms with E-state index in [2.05, 4.69) is 14.8 Å². The standard InChI is InChI=1S/C19H22N2O7/c1-20-18(24)14-10-12-4-5-13(11-15(12)28-19(14)25)21(8-6-16(22)26-2)9-7-17(23)27-3/h4-5,10-11H,6-9H2,1-3H3,(H,20,24). The fourth-order valence-corrected chi connectivity index (χ4v) is 2.62. The van der Waals surface area contributed by atoms with Crippen molar-refractivity contribution in [2.45, 2.75) is 12.8 Å². The molecule has 0 aliphatic heterocycles. The Morgan fingerprint density at radius 3 is 2.18 bits per heavy atom. The Morgan fingerprint density at radius 1 is 1.04 bits per heavy atom. The number of methoxy groups -OCH3 is 2. The van der Waals surface area contributed by atoms with Gasteiger partial charge in [0.05, 0.1) is 27.1 Å². The molecule has 0 saturated heterocycles. The zero-order chi connectivity index (χ0) is 20.7. The van der Waals surface area contributed by atoms with Gasteiger partial charge in [-0.2, -0.15) is 0 Å². The molecule has 0 atom stereocenters. The van der Waals surface area contributed by atoms with Crippen molar-refractivity contribution >= 4 is 34.5 Å². The third-order valence-corrected chi connectivity index (χ3v) is 4.18. The van der Waals surface area contributed by atoms with E-state index in [1.165, 1.54) is 27.3 Å². The molecule has 0 bridgehead atoms. The van der Waals surface area contributed by atoms with Gasteiger partial charge in [0, 0.05) is 37.3 Å². The van der Waals surface area contributed by atoms with Crippen molar-refractivity contribution in [3.63, 3.8) is 0 Å². The number of carbonyl (C=O) groups excluding carboxylic acids is 3. The van der Waals surface area contributed by atoms with E-state index in [0.717, 1.165) is 0 Å². The van der Waals surface area contributed by atoms with Crippen molar-refractivity contribution in [2.24, 2.45) is 0 Å². The minimum absolute atomic E-state index is 0.0870. The Bertz CT molecular complexity index is 916. The van der Waals surface area contributed by atoms with Crippen molar-refractivity contribution in [2.75, 3.05) is 39.3 Å². The molecule has 0 unspecified atom stereocenters. The van der Waals surface area contributed by atoms with Gasteiger partial charge >= 0.3 is 17.6 Å². The van der Waals surface area contributed by atoms with Crippen LogP contribution < -0.4 is 15.8 Å². The van der Waals surface area contributed by atoms with Gasteiger partial charge in [0.15, 0.2) is 0 Å². The number of nitrogens with zero attached hydrogens (tertiary/aromatic N) is 1. The molecular weight excluding hydrogens is 368 g/mol. The van der Waals surface area contributed by atoms with Crippen LogP contribution in [0.3, 0.4) is 0 Å². The third kappa shape index (κ3) is 5.09. The first-order chi connectivity index (χ1) is 13.4. The van der Waals surface area contributed by atoms with Gasteiger partial charge in [0.2, 0.25) is 0 Å². The first kappa shape index (κ1) is 20.9. The van der Waals surface area contributed by atoms with E-state index in [1.807, 2.05) is 0 Å². The summed E-state index contributed by atoms with van der Waals surface area (Å²) in [6.45, 7) is 0.603. The Morgan fingerprint density at radius 2 is 1.64 bits per heavy atom. The fraction of sp³-hybridized carbons (Fsp3) is 0.368. The molecule has 0 radical (unpaired) electrons. The van der Waals surface area contributed by atoms with Crippen molar-refractivity contribution in [1.82, 2.24) is 5.32 Å². The second-order valence-corrected chi connectivity index (χ2v) is 5.89. The average molecular weight is 390 g/mol. The van der Waals surface area contributed by atoms with Gasteiger partial charge in [-0.3, -0.25) is 14.4 Å². The maximum atomic E-state index is 12.1. The minimum atomic E-state index is -0.750. The van der Waals surface area contributed by atoms with Gasteiger partial charge in [-0.1, -0.05) is 0 Å². The van der Waals surface area contributed by atoms with E-state index < -0.39 is 11.5 Å². The highest BCUT2D eigenvalue weighted by molar-refractivity contribution is 5.96. The largest absolute Gasteiger partial charge is 0.469 e. The molecular formula is C19H22N2O7. The highest BCUT2D eigenvalue weighted by Crippen LogP contribution is 2.23. The number of hydrogen-bond donors (Lipinski definition) is 1. The van der Waals surface area contributed by atoms with Crippen LogP contribution in [0.4, 0.5) is 5.69 Å². The summed E-state index contributed by atoms with van der Waals surface area (Å²) in [4.78, 5) is 48.6. The van der Waals surface area contributed by atoms with Crippen LogP contribution >= 0.6 is 0 Å². The van der Waals surface area contributed by atoms with E-state index in [-0.39, 0.29) is 35.9 Å². The van der Waals surface area contributed by atoms with Crippen molar-refractivity contribution < 1.29 is 28.3 Å². The zero-order valence-electron chi connectivity index (χ0n) is 15.9. The first-order valence-electron chi connectivity index (χ1n) is 8.58. The lowest BCUT2D eigenvalue weighted by molar-refractivity contribution is -0.140. The fourth-order valence-electron chi connectivity index (χ4n) is 2.62. The molecule has 1 aromatic heterocycles. The molecule has 1 amide bonds. The van der Waals surface area contributed by atoms with Crippen LogP contribution in [-0.2, 0) is 19.1 Å². The Hall–Kier alpha value is -3.36. The quantitative estimate of drug-likeness (QED) is 0.526. The summed E-state index contributed by atoms with van der Waals surface area (Å²) in [5.74, 6) is -1.30. The molecule has 2 aromatic rings. The highest BCUT2D eigenvalue weighted by atomic mass is 16.5. The summed E-state index contributed by atoms with van der Waals surface area (Å²) >= 11 is 0. The van der Waals surface area contributed by atoms with Gasteiger partial charge in [-0.15, -0.1) is 0 Å². The minimum Gasteiger partial charge on any atom is -0.469 e. The second kappa shape index (κ2) is 9.54. The number of hydrogen-bond acceptors (Lipinski definition) is 8. The van der Waals surface area contributed by atoms with E-state index in [4.69, 9.17) is 4.42 Å². The normalized spacial score (nSPS) is 10.4. The monoisotopic (exact) mass is 390 g/mol. The van der Waals surface area contributed by atoms with Crippen molar-refractivity contribution in [1.29, 1.82) is 0 Å². The summed E-state index contributed by atoms with van der Waals surface area (Å²) in [5.41, 5.74) is 0.100. The van der Waals surface area contributed by atoms with Crippen LogP contribution in [0.1, 0.15) is 23.2 Å². The molecule has 0 aliphatic carbocycles. The van der Waals surface area contributed by atoms with Crippen LogP contribution in [0.2, 0.25) is 0 Å². The number of esters is 2. The number of rotatable bonds is 8. The Balaban J connectivity index is 2.35. The summed E-state index contributed by atoms with van der Waals surface area (Å²) in [5, 5.41) is 2.96. The number of ether oxygens (including phenoxy) is 2. The Kier molecular flexibility index (Phi) is 7.14. The number of amides is 1. The zero-order valence-corrected chi connectivity index (χ0v) is 15.9. The Labute approximate surface area is 161 Å². The molecule has 9 heteroatoms. The summed E-state index contributed by atoms with van der Waals surface area (Å²) < 4.78 is 14.6. The molecule has 0 aliphatic rings. The summed E-state index contributed by atoms with van der Waals surface area (Å²) in [6, 6.07) is 6.53. The predicted molar refractivity (Wildman–Crippen MR) is 101 cm³/mol. The number of nitrogens with one attached hydrogen (secondary N) is 1. The molecule has 1 aromatic carbocycles. The molecule has 28 heavy (non-hydrogen) atoms. The molecule has 0 spiro atoms. The van der Waals surface area contributed by atoms with E-state index in [0.29, 0.717) is 24.2 Å². The van der Waals surface area contributed by atoms with Gasteiger partial charge in [-0.25, -0.2) is 4.79 Å². The summed E-state index contributed by atoms with van der Waals surface area (Å²) in [7, 11) is 4.03. The van der Waals surface area contributed by atoms with Crippen LogP contribution in [0.15, 0.2) is 33.5 Å². The molecule has 2 rings (SSSR count). The van der Waals surface area contributed by atoms with Crippen LogP contribution in [0, 0.1) is 0 Å². The van der Waals surface area contributed by atoms with Gasteiger partial charge in [0.25, 0.3) is 5.91 Å². The smallest absolute Gasteiger partial charge is 0.349 e. The number of benzene rings is 1. The lowest BCUT2D eigenvalue weighted by atomic mass is 10.1. The van der Waals surface area contributed by atoms with Crippen LogP contribution in [0.25, 0.3) is 11.0 Å². The lowest BCUT2D eigenvalue weighted by Gasteiger charge is -2.24. The molecule has 0 fully saturated rings. The van der Waals surface area contributed by atoms with Crippen LogP contribution in [0.5, 0.6) is 0 Å². The molecule has 0 saturated carbocycles. The summed E-state index contributed by atoms with van der Waals surface area (Å²) in [6.07, 6.45) is 0.241. The van der Waals surface area contributed by atoms with Gasteiger partial charge in [0.1, 0.15) is 11.1 Å². The number of carbonyl (C=O) groups is 3. The van der Waals surface area contributed by atoms with Crippen molar-refractivity contribution in [3.8, 4) is 0 Å². The number of fused-ring (bicyclic) bond motifs is 1. The maximum Gasteiger partial charge on any atom is 0.349 e. The SMILES string of the molecule is CNC(=O)c1cc2ccc(N(CCC(=O)OC)CCC(=O)OC)cc2oc1=O. The van der Waals surface area contributed by atoms with E-state index in [9.17, 15) is 19.2 Å². The number of anilines is 1. The van der Waals surface area contributed by atoms with Gasteiger partial charge in [-0.05, 0) is 18.2 Å². The lowest BCUT2D eigenvalue weighted by Crippen LogP contribution is -2.29. The topological polar surface area (TPSA) is 115 Å². The maximum absolute atomic E-state index is 12.1. The first-order valence-corrected chi connectivity index (χ1v) is 8.58. The third-order valence-electron chi connectivity index (χ3n) is 4.18. The second-order valence-electron chi connectivity index (χ2n) is 5.89. The van der Waals surface area contributed by atoms with Crippen molar-refractivity contribution in [3.05, 3.63) is 40.2 Å². The average Bonchev–Trinajstić information content (AvgIpc) is 2.71. The molecule has 150 valence electrons. The van der Waals surface area contributed by atoms with Gasteiger partial charge < -0.3 is 24.1 Å². The molecule has 1 N–H and O–H groups in total. The molecule has 1 heterocycles. The predicted octanol–water partition coefficient (Wildman–Crippen LogP) is 1.09. The highest BCUT2D eigenvalue weighted by Gasteiger charge is 2.16. The van der Waals surface area contributed by atoms with Crippen LogP contribution in [-0.4, -0.2) is 52.2 Å².